The number of rotatable bonds is 6. The number of nitrogens with two attached hydrogens (primary N) is 1. The van der Waals surface area contributed by atoms with Gasteiger partial charge in [0.05, 0.1) is 5.92 Å². The van der Waals surface area contributed by atoms with Crippen LogP contribution in [0.2, 0.25) is 0 Å². The fourth-order valence-corrected chi connectivity index (χ4v) is 4.75. The molecule has 34 heavy (non-hydrogen) atoms. The molecule has 3 aromatic carbocycles. The van der Waals surface area contributed by atoms with Crippen LogP contribution in [0.25, 0.3) is 34.0 Å². The minimum atomic E-state index is -0.204. The van der Waals surface area contributed by atoms with Crippen molar-refractivity contribution in [2.75, 3.05) is 13.1 Å². The Morgan fingerprint density at radius 3 is 2.62 bits per heavy atom. The molecule has 2 N–H and O–H groups in total. The molecule has 1 saturated heterocycles. The molecule has 0 aliphatic carbocycles. The van der Waals surface area contributed by atoms with Crippen molar-refractivity contribution in [3.05, 3.63) is 83.9 Å². The number of carbonyl (C=O) groups is 1. The summed E-state index contributed by atoms with van der Waals surface area (Å²) in [6, 6.07) is 24.6. The van der Waals surface area contributed by atoms with E-state index in [9.17, 15) is 4.79 Å². The van der Waals surface area contributed by atoms with Crippen molar-refractivity contribution in [3.63, 3.8) is 0 Å². The van der Waals surface area contributed by atoms with Crippen LogP contribution in [0.5, 0.6) is 0 Å². The third kappa shape index (κ3) is 4.63. The van der Waals surface area contributed by atoms with Crippen LogP contribution in [0.1, 0.15) is 24.0 Å². The second-order valence-electron chi connectivity index (χ2n) is 8.94. The first-order chi connectivity index (χ1) is 16.6. The smallest absolute Gasteiger partial charge is 0.258 e. The SMILES string of the molecule is Cc1c(-c2ccccc2)cccc1-c1nc(-c2cccc(CN3CCCC(C(N)=O)C3)c2)no1. The van der Waals surface area contributed by atoms with E-state index in [1.165, 1.54) is 0 Å². The number of piperidine rings is 1. The van der Waals surface area contributed by atoms with Gasteiger partial charge in [-0.25, -0.2) is 0 Å². The number of amides is 1. The van der Waals surface area contributed by atoms with E-state index in [1.54, 1.807) is 0 Å². The summed E-state index contributed by atoms with van der Waals surface area (Å²) in [5, 5.41) is 4.27. The van der Waals surface area contributed by atoms with E-state index in [0.29, 0.717) is 18.3 Å². The molecule has 6 nitrogen and oxygen atoms in total. The fourth-order valence-electron chi connectivity index (χ4n) is 4.75. The van der Waals surface area contributed by atoms with Gasteiger partial charge in [-0.05, 0) is 60.7 Å². The highest BCUT2D eigenvalue weighted by Crippen LogP contribution is 2.32. The van der Waals surface area contributed by atoms with Crippen molar-refractivity contribution in [2.24, 2.45) is 11.7 Å². The van der Waals surface area contributed by atoms with Crippen molar-refractivity contribution in [2.45, 2.75) is 26.3 Å². The maximum absolute atomic E-state index is 11.6. The molecule has 4 aromatic rings. The van der Waals surface area contributed by atoms with Gasteiger partial charge in [0.25, 0.3) is 5.89 Å². The van der Waals surface area contributed by atoms with E-state index in [4.69, 9.17) is 15.2 Å². The van der Waals surface area contributed by atoms with Gasteiger partial charge in [0.15, 0.2) is 0 Å². The van der Waals surface area contributed by atoms with E-state index in [-0.39, 0.29) is 11.8 Å². The third-order valence-corrected chi connectivity index (χ3v) is 6.57. The molecular weight excluding hydrogens is 424 g/mol. The highest BCUT2D eigenvalue weighted by Gasteiger charge is 2.24. The predicted molar refractivity (Wildman–Crippen MR) is 133 cm³/mol. The Bertz CT molecular complexity index is 1300. The zero-order valence-corrected chi connectivity index (χ0v) is 19.3. The topological polar surface area (TPSA) is 85.3 Å². The van der Waals surface area contributed by atoms with E-state index < -0.39 is 0 Å². The zero-order chi connectivity index (χ0) is 23.5. The molecule has 5 rings (SSSR count). The summed E-state index contributed by atoms with van der Waals surface area (Å²) >= 11 is 0. The molecule has 0 radical (unpaired) electrons. The molecule has 1 aromatic heterocycles. The summed E-state index contributed by atoms with van der Waals surface area (Å²) in [5.41, 5.74) is 11.9. The Morgan fingerprint density at radius 2 is 1.79 bits per heavy atom. The lowest BCUT2D eigenvalue weighted by Crippen LogP contribution is -2.40. The summed E-state index contributed by atoms with van der Waals surface area (Å²) < 4.78 is 5.68. The van der Waals surface area contributed by atoms with Crippen LogP contribution in [0, 0.1) is 12.8 Å². The minimum Gasteiger partial charge on any atom is -0.369 e. The average molecular weight is 453 g/mol. The van der Waals surface area contributed by atoms with Gasteiger partial charge in [-0.2, -0.15) is 4.98 Å². The van der Waals surface area contributed by atoms with E-state index in [1.807, 2.05) is 42.5 Å². The number of carbonyl (C=O) groups excluding carboxylic acids is 1. The van der Waals surface area contributed by atoms with Crippen molar-refractivity contribution in [1.29, 1.82) is 0 Å². The number of hydrogen-bond acceptors (Lipinski definition) is 5. The van der Waals surface area contributed by atoms with Crippen LogP contribution in [0.15, 0.2) is 77.3 Å². The van der Waals surface area contributed by atoms with Crippen LogP contribution in [-0.4, -0.2) is 34.0 Å². The number of primary amides is 1. The molecule has 1 atom stereocenters. The van der Waals surface area contributed by atoms with Gasteiger partial charge in [0, 0.05) is 24.2 Å². The van der Waals surface area contributed by atoms with Crippen LogP contribution in [-0.2, 0) is 11.3 Å². The quantitative estimate of drug-likeness (QED) is 0.441. The van der Waals surface area contributed by atoms with Crippen LogP contribution in [0.3, 0.4) is 0 Å². The van der Waals surface area contributed by atoms with Crippen molar-refractivity contribution < 1.29 is 9.32 Å². The summed E-state index contributed by atoms with van der Waals surface area (Å²) in [7, 11) is 0. The first-order valence-corrected chi connectivity index (χ1v) is 11.7. The van der Waals surface area contributed by atoms with Gasteiger partial charge in [-0.15, -0.1) is 0 Å². The first kappa shape index (κ1) is 22.0. The van der Waals surface area contributed by atoms with E-state index in [2.05, 4.69) is 47.3 Å². The van der Waals surface area contributed by atoms with Crippen LogP contribution >= 0.6 is 0 Å². The van der Waals surface area contributed by atoms with Gasteiger partial charge in [-0.1, -0.05) is 65.8 Å². The number of nitrogens with zero attached hydrogens (tertiary/aromatic N) is 3. The molecule has 1 aliphatic heterocycles. The normalized spacial score (nSPS) is 16.4. The summed E-state index contributed by atoms with van der Waals surface area (Å²) in [4.78, 5) is 18.6. The summed E-state index contributed by atoms with van der Waals surface area (Å²) in [5.74, 6) is 0.807. The largest absolute Gasteiger partial charge is 0.369 e. The molecule has 1 amide bonds. The maximum Gasteiger partial charge on any atom is 0.258 e. The van der Waals surface area contributed by atoms with Crippen LogP contribution < -0.4 is 5.73 Å². The minimum absolute atomic E-state index is 0.0633. The van der Waals surface area contributed by atoms with Gasteiger partial charge < -0.3 is 10.3 Å². The molecular formula is C28H28N4O2. The zero-order valence-electron chi connectivity index (χ0n) is 19.3. The second-order valence-corrected chi connectivity index (χ2v) is 8.94. The molecule has 1 aliphatic rings. The lowest BCUT2D eigenvalue weighted by molar-refractivity contribution is -0.123. The Kier molecular flexibility index (Phi) is 6.23. The van der Waals surface area contributed by atoms with Gasteiger partial charge in [-0.3, -0.25) is 9.69 Å². The van der Waals surface area contributed by atoms with Crippen molar-refractivity contribution >= 4 is 5.91 Å². The van der Waals surface area contributed by atoms with Crippen molar-refractivity contribution in [1.82, 2.24) is 15.0 Å². The lowest BCUT2D eigenvalue weighted by atomic mass is 9.96. The standard InChI is InChI=1S/C28H28N4O2/c1-19-24(21-9-3-2-4-10-21)13-6-14-25(19)28-30-27(31-34-28)22-11-5-8-20(16-22)17-32-15-7-12-23(18-32)26(29)33/h2-6,8-11,13-14,16,23H,7,12,15,17-18H2,1H3,(H2,29,33). The Hall–Kier alpha value is -3.77. The second kappa shape index (κ2) is 9.61. The monoisotopic (exact) mass is 452 g/mol. The molecule has 0 spiro atoms. The highest BCUT2D eigenvalue weighted by molar-refractivity contribution is 5.77. The molecule has 6 heteroatoms. The number of benzene rings is 3. The number of likely N-dealkylation sites (tertiary alicyclic amines) is 1. The average Bonchev–Trinajstić information content (AvgIpc) is 3.35. The first-order valence-electron chi connectivity index (χ1n) is 11.7. The third-order valence-electron chi connectivity index (χ3n) is 6.57. The Balaban J connectivity index is 1.37. The maximum atomic E-state index is 11.6. The molecule has 2 heterocycles. The lowest BCUT2D eigenvalue weighted by Gasteiger charge is -2.31. The Morgan fingerprint density at radius 1 is 1.03 bits per heavy atom. The fraction of sp³-hybridized carbons (Fsp3) is 0.250. The molecule has 1 unspecified atom stereocenters. The van der Waals surface area contributed by atoms with E-state index >= 15 is 0 Å². The number of aromatic nitrogens is 2. The molecule has 0 bridgehead atoms. The summed E-state index contributed by atoms with van der Waals surface area (Å²) in [6.07, 6.45) is 1.87. The summed E-state index contributed by atoms with van der Waals surface area (Å²) in [6.45, 7) is 4.53. The van der Waals surface area contributed by atoms with Gasteiger partial charge >= 0.3 is 0 Å². The van der Waals surface area contributed by atoms with Crippen LogP contribution in [0.4, 0.5) is 0 Å². The Labute approximate surface area is 199 Å². The number of hydrogen-bond donors (Lipinski definition) is 1. The molecule has 0 saturated carbocycles. The highest BCUT2D eigenvalue weighted by atomic mass is 16.5. The molecule has 172 valence electrons. The predicted octanol–water partition coefficient (Wildman–Crippen LogP) is 5.08. The molecule has 1 fully saturated rings. The van der Waals surface area contributed by atoms with Gasteiger partial charge in [0.2, 0.25) is 11.7 Å². The van der Waals surface area contributed by atoms with Crippen molar-refractivity contribution in [3.8, 4) is 34.0 Å². The van der Waals surface area contributed by atoms with E-state index in [0.717, 1.165) is 59.3 Å². The van der Waals surface area contributed by atoms with Gasteiger partial charge in [0.1, 0.15) is 0 Å².